The summed E-state index contributed by atoms with van der Waals surface area (Å²) in [7, 11) is 0. The van der Waals surface area contributed by atoms with E-state index < -0.39 is 0 Å². The Morgan fingerprint density at radius 1 is 1.33 bits per heavy atom. The second-order valence-electron chi connectivity index (χ2n) is 3.48. The summed E-state index contributed by atoms with van der Waals surface area (Å²) in [5.41, 5.74) is 0.557. The van der Waals surface area contributed by atoms with Crippen LogP contribution in [-0.4, -0.2) is 17.9 Å². The summed E-state index contributed by atoms with van der Waals surface area (Å²) in [6.45, 7) is 2.88. The second kappa shape index (κ2) is 6.98. The van der Waals surface area contributed by atoms with Crippen molar-refractivity contribution in [2.24, 2.45) is 0 Å². The number of carbonyl (C=O) groups excluding carboxylic acids is 1. The Morgan fingerprint density at radius 3 is 2.93 bits per heavy atom. The van der Waals surface area contributed by atoms with E-state index >= 15 is 0 Å². The standard InChI is InChI=1S/C12H17NO2/c1-2-3-4-5-6-15-12-7-11(10-14)8-13-9-12/h7-10H,2-6H2,1H3. The first kappa shape index (κ1) is 11.7. The molecule has 0 saturated carbocycles. The summed E-state index contributed by atoms with van der Waals surface area (Å²) >= 11 is 0. The zero-order chi connectivity index (χ0) is 10.9. The summed E-state index contributed by atoms with van der Waals surface area (Å²) < 4.78 is 5.47. The monoisotopic (exact) mass is 207 g/mol. The molecule has 0 aliphatic rings. The Labute approximate surface area is 90.5 Å². The summed E-state index contributed by atoms with van der Waals surface area (Å²) in [6.07, 6.45) is 8.65. The van der Waals surface area contributed by atoms with Gasteiger partial charge < -0.3 is 4.74 Å². The average molecular weight is 207 g/mol. The van der Waals surface area contributed by atoms with Gasteiger partial charge in [-0.25, -0.2) is 0 Å². The fourth-order valence-electron chi connectivity index (χ4n) is 1.30. The first-order valence-electron chi connectivity index (χ1n) is 5.40. The van der Waals surface area contributed by atoms with E-state index in [1.807, 2.05) is 0 Å². The lowest BCUT2D eigenvalue weighted by molar-refractivity contribution is 0.112. The van der Waals surface area contributed by atoms with Gasteiger partial charge in [0, 0.05) is 11.8 Å². The minimum absolute atomic E-state index is 0.557. The van der Waals surface area contributed by atoms with Crippen LogP contribution < -0.4 is 4.74 Å². The van der Waals surface area contributed by atoms with Crippen LogP contribution in [0.3, 0.4) is 0 Å². The second-order valence-corrected chi connectivity index (χ2v) is 3.48. The van der Waals surface area contributed by atoms with E-state index in [9.17, 15) is 4.79 Å². The van der Waals surface area contributed by atoms with Crippen LogP contribution in [0.25, 0.3) is 0 Å². The van der Waals surface area contributed by atoms with Gasteiger partial charge in [-0.3, -0.25) is 9.78 Å². The summed E-state index contributed by atoms with van der Waals surface area (Å²) in [5.74, 6) is 0.677. The number of rotatable bonds is 7. The van der Waals surface area contributed by atoms with Gasteiger partial charge in [-0.05, 0) is 12.5 Å². The van der Waals surface area contributed by atoms with Crippen LogP contribution in [0.15, 0.2) is 18.5 Å². The van der Waals surface area contributed by atoms with E-state index in [-0.39, 0.29) is 0 Å². The van der Waals surface area contributed by atoms with Gasteiger partial charge in [0.25, 0.3) is 0 Å². The Kier molecular flexibility index (Phi) is 5.44. The highest BCUT2D eigenvalue weighted by molar-refractivity contribution is 5.74. The zero-order valence-electron chi connectivity index (χ0n) is 9.11. The molecule has 0 N–H and O–H groups in total. The third kappa shape index (κ3) is 4.58. The average Bonchev–Trinajstić information content (AvgIpc) is 2.29. The molecule has 0 amide bonds. The Morgan fingerprint density at radius 2 is 2.20 bits per heavy atom. The lowest BCUT2D eigenvalue weighted by Gasteiger charge is -2.05. The number of pyridine rings is 1. The minimum atomic E-state index is 0.557. The number of ether oxygens (including phenoxy) is 1. The molecular formula is C12H17NO2. The molecule has 1 heterocycles. The molecule has 1 rings (SSSR count). The van der Waals surface area contributed by atoms with E-state index in [0.717, 1.165) is 12.7 Å². The van der Waals surface area contributed by atoms with Crippen LogP contribution in [0.1, 0.15) is 43.0 Å². The zero-order valence-corrected chi connectivity index (χ0v) is 9.11. The molecule has 82 valence electrons. The van der Waals surface area contributed by atoms with E-state index in [2.05, 4.69) is 11.9 Å². The van der Waals surface area contributed by atoms with Crippen molar-refractivity contribution in [3.05, 3.63) is 24.0 Å². The van der Waals surface area contributed by atoms with Gasteiger partial charge in [-0.15, -0.1) is 0 Å². The van der Waals surface area contributed by atoms with Crippen molar-refractivity contribution in [2.75, 3.05) is 6.61 Å². The van der Waals surface area contributed by atoms with Crippen molar-refractivity contribution in [3.63, 3.8) is 0 Å². The first-order chi connectivity index (χ1) is 7.36. The maximum absolute atomic E-state index is 10.5. The van der Waals surface area contributed by atoms with Crippen molar-refractivity contribution in [2.45, 2.75) is 32.6 Å². The molecule has 1 aromatic rings. The number of aldehydes is 1. The first-order valence-corrected chi connectivity index (χ1v) is 5.40. The summed E-state index contributed by atoms with van der Waals surface area (Å²) in [4.78, 5) is 14.4. The largest absolute Gasteiger partial charge is 0.492 e. The fourth-order valence-corrected chi connectivity index (χ4v) is 1.30. The number of aromatic nitrogens is 1. The predicted octanol–water partition coefficient (Wildman–Crippen LogP) is 2.85. The minimum Gasteiger partial charge on any atom is -0.492 e. The lowest BCUT2D eigenvalue weighted by atomic mass is 10.2. The van der Waals surface area contributed by atoms with Gasteiger partial charge in [0.1, 0.15) is 5.75 Å². The van der Waals surface area contributed by atoms with Crippen LogP contribution in [-0.2, 0) is 0 Å². The molecule has 0 atom stereocenters. The van der Waals surface area contributed by atoms with Crippen LogP contribution in [0.4, 0.5) is 0 Å². The Balaban J connectivity index is 2.27. The summed E-state index contributed by atoms with van der Waals surface area (Å²) in [6, 6.07) is 1.71. The molecule has 3 heteroatoms. The van der Waals surface area contributed by atoms with Crippen molar-refractivity contribution in [1.29, 1.82) is 0 Å². The van der Waals surface area contributed by atoms with E-state index in [1.54, 1.807) is 12.3 Å². The predicted molar refractivity (Wildman–Crippen MR) is 59.3 cm³/mol. The Hall–Kier alpha value is -1.38. The summed E-state index contributed by atoms with van der Waals surface area (Å²) in [5, 5.41) is 0. The number of unbranched alkanes of at least 4 members (excludes halogenated alkanes) is 3. The third-order valence-electron chi connectivity index (χ3n) is 2.14. The number of hydrogen-bond donors (Lipinski definition) is 0. The molecule has 0 radical (unpaired) electrons. The van der Waals surface area contributed by atoms with E-state index in [4.69, 9.17) is 4.74 Å². The molecule has 0 aliphatic carbocycles. The highest BCUT2D eigenvalue weighted by atomic mass is 16.5. The molecule has 0 aliphatic heterocycles. The smallest absolute Gasteiger partial charge is 0.151 e. The maximum atomic E-state index is 10.5. The van der Waals surface area contributed by atoms with Gasteiger partial charge in [-0.1, -0.05) is 26.2 Å². The molecular weight excluding hydrogens is 190 g/mol. The number of nitrogens with zero attached hydrogens (tertiary/aromatic N) is 1. The molecule has 0 saturated heterocycles. The van der Waals surface area contributed by atoms with Gasteiger partial charge in [-0.2, -0.15) is 0 Å². The van der Waals surface area contributed by atoms with Crippen molar-refractivity contribution in [3.8, 4) is 5.75 Å². The van der Waals surface area contributed by atoms with Crippen LogP contribution >= 0.6 is 0 Å². The quantitative estimate of drug-likeness (QED) is 0.509. The maximum Gasteiger partial charge on any atom is 0.151 e. The van der Waals surface area contributed by atoms with Gasteiger partial charge >= 0.3 is 0 Å². The molecule has 0 aromatic carbocycles. The van der Waals surface area contributed by atoms with Crippen LogP contribution in [0.2, 0.25) is 0 Å². The third-order valence-corrected chi connectivity index (χ3v) is 2.14. The van der Waals surface area contributed by atoms with Gasteiger partial charge in [0.15, 0.2) is 6.29 Å². The molecule has 3 nitrogen and oxygen atoms in total. The number of hydrogen-bond acceptors (Lipinski definition) is 3. The van der Waals surface area contributed by atoms with Gasteiger partial charge in [0.2, 0.25) is 0 Å². The van der Waals surface area contributed by atoms with Crippen molar-refractivity contribution in [1.82, 2.24) is 4.98 Å². The Bertz CT molecular complexity index is 299. The molecule has 15 heavy (non-hydrogen) atoms. The van der Waals surface area contributed by atoms with Crippen molar-refractivity contribution >= 4 is 6.29 Å². The fraction of sp³-hybridized carbons (Fsp3) is 0.500. The number of carbonyl (C=O) groups is 1. The molecule has 0 spiro atoms. The topological polar surface area (TPSA) is 39.2 Å². The normalized spacial score (nSPS) is 9.93. The molecule has 0 unspecified atom stereocenters. The SMILES string of the molecule is CCCCCCOc1cncc(C=O)c1. The van der Waals surface area contributed by atoms with E-state index in [0.29, 0.717) is 17.9 Å². The lowest BCUT2D eigenvalue weighted by Crippen LogP contribution is -1.98. The molecule has 0 fully saturated rings. The van der Waals surface area contributed by atoms with E-state index in [1.165, 1.54) is 25.5 Å². The van der Waals surface area contributed by atoms with Crippen molar-refractivity contribution < 1.29 is 9.53 Å². The highest BCUT2D eigenvalue weighted by Crippen LogP contribution is 2.10. The van der Waals surface area contributed by atoms with Crippen LogP contribution in [0, 0.1) is 0 Å². The molecule has 0 bridgehead atoms. The highest BCUT2D eigenvalue weighted by Gasteiger charge is 1.96. The van der Waals surface area contributed by atoms with Crippen LogP contribution in [0.5, 0.6) is 5.75 Å². The molecule has 1 aromatic heterocycles. The van der Waals surface area contributed by atoms with Gasteiger partial charge in [0.05, 0.1) is 12.8 Å².